The highest BCUT2D eigenvalue weighted by atomic mass is 127. The van der Waals surface area contributed by atoms with Crippen LogP contribution in [0.3, 0.4) is 0 Å². The molecule has 2 aromatic carbocycles. The highest BCUT2D eigenvalue weighted by molar-refractivity contribution is 14.1. The van der Waals surface area contributed by atoms with Gasteiger partial charge in [0.15, 0.2) is 0 Å². The summed E-state index contributed by atoms with van der Waals surface area (Å²) in [6.45, 7) is 4.21. The Morgan fingerprint density at radius 3 is 2.68 bits per heavy atom. The van der Waals surface area contributed by atoms with Crippen LogP contribution in [0.2, 0.25) is 5.02 Å². The quantitative estimate of drug-likeness (QED) is 0.686. The topological polar surface area (TPSA) is 41.1 Å². The number of amides is 1. The molecule has 116 valence electrons. The van der Waals surface area contributed by atoms with E-state index in [9.17, 15) is 4.79 Å². The Balaban J connectivity index is 1.91. The summed E-state index contributed by atoms with van der Waals surface area (Å²) in [5.41, 5.74) is 2.89. The van der Waals surface area contributed by atoms with Gasteiger partial charge in [-0.1, -0.05) is 29.8 Å². The van der Waals surface area contributed by atoms with Crippen molar-refractivity contribution in [1.82, 2.24) is 5.32 Å². The fourth-order valence-electron chi connectivity index (χ4n) is 2.14. The molecule has 0 aliphatic carbocycles. The number of anilines is 1. The molecular weight excluding hydrogens is 411 g/mol. The Bertz CT molecular complexity index is 675. The molecule has 22 heavy (non-hydrogen) atoms. The Morgan fingerprint density at radius 2 is 2.00 bits per heavy atom. The number of rotatable bonds is 5. The average molecular weight is 429 g/mol. The Morgan fingerprint density at radius 1 is 1.27 bits per heavy atom. The normalized spacial score (nSPS) is 12.0. The van der Waals surface area contributed by atoms with Crippen LogP contribution in [-0.2, 0) is 4.79 Å². The molecule has 1 atom stereocenters. The van der Waals surface area contributed by atoms with E-state index in [0.29, 0.717) is 5.02 Å². The first-order valence-electron chi connectivity index (χ1n) is 7.01. The van der Waals surface area contributed by atoms with E-state index in [1.54, 1.807) is 0 Å². The summed E-state index contributed by atoms with van der Waals surface area (Å²) >= 11 is 8.41. The fraction of sp³-hybridized carbons (Fsp3) is 0.235. The van der Waals surface area contributed by atoms with Gasteiger partial charge in [0.25, 0.3) is 0 Å². The molecule has 2 rings (SSSR count). The molecule has 1 unspecified atom stereocenters. The molecule has 3 nitrogen and oxygen atoms in total. The van der Waals surface area contributed by atoms with E-state index in [-0.39, 0.29) is 18.5 Å². The van der Waals surface area contributed by atoms with Crippen LogP contribution >= 0.6 is 34.2 Å². The van der Waals surface area contributed by atoms with Crippen LogP contribution in [0.15, 0.2) is 42.5 Å². The highest BCUT2D eigenvalue weighted by Gasteiger charge is 2.11. The van der Waals surface area contributed by atoms with Gasteiger partial charge in [0.2, 0.25) is 5.91 Å². The first kappa shape index (κ1) is 17.2. The smallest absolute Gasteiger partial charge is 0.238 e. The molecule has 2 aromatic rings. The van der Waals surface area contributed by atoms with E-state index in [1.807, 2.05) is 56.3 Å². The van der Waals surface area contributed by atoms with Gasteiger partial charge in [-0.3, -0.25) is 4.79 Å². The van der Waals surface area contributed by atoms with Gasteiger partial charge in [-0.2, -0.15) is 0 Å². The number of halogens is 2. The van der Waals surface area contributed by atoms with Gasteiger partial charge < -0.3 is 10.6 Å². The standard InChI is InChI=1S/C17H18ClIN2O/c1-11-9-13(19)7-8-16(11)21-17(22)10-20-12(2)14-5-3-4-6-15(14)18/h3-9,12,20H,10H2,1-2H3,(H,21,22). The van der Waals surface area contributed by atoms with Crippen molar-refractivity contribution in [2.45, 2.75) is 19.9 Å². The second-order valence-electron chi connectivity index (χ2n) is 5.13. The van der Waals surface area contributed by atoms with Crippen molar-refractivity contribution >= 4 is 45.8 Å². The van der Waals surface area contributed by atoms with Gasteiger partial charge in [-0.15, -0.1) is 0 Å². The fourth-order valence-corrected chi connectivity index (χ4v) is 3.09. The van der Waals surface area contributed by atoms with E-state index in [0.717, 1.165) is 20.4 Å². The third kappa shape index (κ3) is 4.69. The second-order valence-corrected chi connectivity index (χ2v) is 6.78. The van der Waals surface area contributed by atoms with Crippen LogP contribution in [0.5, 0.6) is 0 Å². The minimum atomic E-state index is -0.0665. The molecule has 0 saturated carbocycles. The van der Waals surface area contributed by atoms with Gasteiger partial charge in [0.1, 0.15) is 0 Å². The lowest BCUT2D eigenvalue weighted by atomic mass is 10.1. The minimum absolute atomic E-state index is 0.0114. The van der Waals surface area contributed by atoms with Crippen LogP contribution in [0.25, 0.3) is 0 Å². The van der Waals surface area contributed by atoms with E-state index in [2.05, 4.69) is 33.2 Å². The molecule has 2 N–H and O–H groups in total. The Labute approximate surface area is 149 Å². The van der Waals surface area contributed by atoms with Crippen molar-refractivity contribution in [3.63, 3.8) is 0 Å². The predicted octanol–water partition coefficient (Wildman–Crippen LogP) is 4.54. The molecule has 0 bridgehead atoms. The number of hydrogen-bond acceptors (Lipinski definition) is 2. The van der Waals surface area contributed by atoms with Crippen molar-refractivity contribution in [2.75, 3.05) is 11.9 Å². The maximum Gasteiger partial charge on any atom is 0.238 e. The first-order chi connectivity index (χ1) is 10.5. The summed E-state index contributed by atoms with van der Waals surface area (Å²) in [4.78, 5) is 12.1. The third-order valence-corrected chi connectivity index (χ3v) is 4.42. The first-order valence-corrected chi connectivity index (χ1v) is 8.47. The van der Waals surface area contributed by atoms with E-state index in [4.69, 9.17) is 11.6 Å². The summed E-state index contributed by atoms with van der Waals surface area (Å²) in [5.74, 6) is -0.0665. The lowest BCUT2D eigenvalue weighted by molar-refractivity contribution is -0.115. The number of carbonyl (C=O) groups excluding carboxylic acids is 1. The van der Waals surface area contributed by atoms with Gasteiger partial charge in [-0.25, -0.2) is 0 Å². The van der Waals surface area contributed by atoms with Crippen molar-refractivity contribution in [3.05, 3.63) is 62.2 Å². The molecular formula is C17H18ClIN2O. The molecule has 0 aliphatic heterocycles. The largest absolute Gasteiger partial charge is 0.325 e. The van der Waals surface area contributed by atoms with Crippen LogP contribution in [-0.4, -0.2) is 12.5 Å². The molecule has 0 radical (unpaired) electrons. The molecule has 0 heterocycles. The monoisotopic (exact) mass is 428 g/mol. The maximum atomic E-state index is 12.1. The van der Waals surface area contributed by atoms with Gasteiger partial charge in [0, 0.05) is 20.3 Å². The van der Waals surface area contributed by atoms with Crippen molar-refractivity contribution in [1.29, 1.82) is 0 Å². The predicted molar refractivity (Wildman–Crippen MR) is 100 cm³/mol. The number of aryl methyl sites for hydroxylation is 1. The van der Waals surface area contributed by atoms with E-state index < -0.39 is 0 Å². The zero-order valence-electron chi connectivity index (χ0n) is 12.5. The number of nitrogens with one attached hydrogen (secondary N) is 2. The Hall–Kier alpha value is -1.11. The summed E-state index contributed by atoms with van der Waals surface area (Å²) in [6.07, 6.45) is 0. The van der Waals surface area contributed by atoms with Crippen molar-refractivity contribution in [3.8, 4) is 0 Å². The van der Waals surface area contributed by atoms with Crippen molar-refractivity contribution in [2.24, 2.45) is 0 Å². The third-order valence-electron chi connectivity index (χ3n) is 3.40. The minimum Gasteiger partial charge on any atom is -0.325 e. The lowest BCUT2D eigenvalue weighted by Crippen LogP contribution is -2.30. The number of hydrogen-bond donors (Lipinski definition) is 2. The van der Waals surface area contributed by atoms with Crippen LogP contribution in [0, 0.1) is 10.5 Å². The second kappa shape index (κ2) is 7.94. The molecule has 5 heteroatoms. The summed E-state index contributed by atoms with van der Waals surface area (Å²) in [5, 5.41) is 6.82. The van der Waals surface area contributed by atoms with Crippen molar-refractivity contribution < 1.29 is 4.79 Å². The molecule has 0 fully saturated rings. The van der Waals surface area contributed by atoms with Gasteiger partial charge in [0.05, 0.1) is 6.54 Å². The zero-order valence-corrected chi connectivity index (χ0v) is 15.4. The highest BCUT2D eigenvalue weighted by Crippen LogP contribution is 2.22. The SMILES string of the molecule is Cc1cc(I)ccc1NC(=O)CNC(C)c1ccccc1Cl. The van der Waals surface area contributed by atoms with Gasteiger partial charge >= 0.3 is 0 Å². The molecule has 1 amide bonds. The molecule has 0 aromatic heterocycles. The average Bonchev–Trinajstić information content (AvgIpc) is 2.48. The van der Waals surface area contributed by atoms with E-state index in [1.165, 1.54) is 0 Å². The van der Waals surface area contributed by atoms with Crippen LogP contribution in [0.1, 0.15) is 24.1 Å². The molecule has 0 spiro atoms. The molecule has 0 saturated heterocycles. The Kier molecular flexibility index (Phi) is 6.23. The van der Waals surface area contributed by atoms with Crippen LogP contribution in [0.4, 0.5) is 5.69 Å². The summed E-state index contributed by atoms with van der Waals surface area (Å²) < 4.78 is 1.15. The maximum absolute atomic E-state index is 12.1. The summed E-state index contributed by atoms with van der Waals surface area (Å²) in [7, 11) is 0. The number of benzene rings is 2. The van der Waals surface area contributed by atoms with E-state index >= 15 is 0 Å². The summed E-state index contributed by atoms with van der Waals surface area (Å²) in [6, 6.07) is 13.6. The number of carbonyl (C=O) groups is 1. The van der Waals surface area contributed by atoms with Gasteiger partial charge in [-0.05, 0) is 71.8 Å². The molecule has 0 aliphatic rings. The van der Waals surface area contributed by atoms with Crippen LogP contribution < -0.4 is 10.6 Å². The lowest BCUT2D eigenvalue weighted by Gasteiger charge is -2.16. The zero-order chi connectivity index (χ0) is 16.1.